The second kappa shape index (κ2) is 4.56. The van der Waals surface area contributed by atoms with Gasteiger partial charge in [0.05, 0.1) is 11.2 Å². The molecule has 1 aromatic rings. The van der Waals surface area contributed by atoms with E-state index in [4.69, 9.17) is 9.31 Å². The molecule has 0 amide bonds. The highest BCUT2D eigenvalue weighted by Gasteiger charge is 2.51. The van der Waals surface area contributed by atoms with E-state index >= 15 is 0 Å². The lowest BCUT2D eigenvalue weighted by Gasteiger charge is -2.38. The van der Waals surface area contributed by atoms with E-state index in [0.29, 0.717) is 12.8 Å². The number of alkyl halides is 1. The molecule has 1 saturated carbocycles. The zero-order valence-electron chi connectivity index (χ0n) is 13.5. The van der Waals surface area contributed by atoms with Crippen molar-refractivity contribution in [2.24, 2.45) is 0 Å². The summed E-state index contributed by atoms with van der Waals surface area (Å²) in [6, 6.07) is 8.15. The van der Waals surface area contributed by atoms with Crippen LogP contribution in [0.5, 0.6) is 0 Å². The Morgan fingerprint density at radius 3 is 1.81 bits per heavy atom. The molecule has 0 unspecified atom stereocenters. The SMILES string of the molecule is CC1(F)C[C](c2ccc(B3OC(C)(C)C(C)(C)O3)cc2)C1. The van der Waals surface area contributed by atoms with Crippen LogP contribution in [0.1, 0.15) is 53.0 Å². The molecule has 2 aliphatic rings. The lowest BCUT2D eigenvalue weighted by atomic mass is 9.69. The Kier molecular flexibility index (Phi) is 3.27. The molecule has 21 heavy (non-hydrogen) atoms. The van der Waals surface area contributed by atoms with Crippen molar-refractivity contribution in [3.63, 3.8) is 0 Å². The van der Waals surface area contributed by atoms with Crippen molar-refractivity contribution in [3.05, 3.63) is 35.7 Å². The summed E-state index contributed by atoms with van der Waals surface area (Å²) < 4.78 is 25.6. The number of hydrogen-bond donors (Lipinski definition) is 0. The Morgan fingerprint density at radius 1 is 0.905 bits per heavy atom. The van der Waals surface area contributed by atoms with E-state index < -0.39 is 5.67 Å². The minimum absolute atomic E-state index is 0.324. The van der Waals surface area contributed by atoms with Crippen LogP contribution in [0.15, 0.2) is 24.3 Å². The van der Waals surface area contributed by atoms with Gasteiger partial charge in [0, 0.05) is 5.92 Å². The maximum atomic E-state index is 13.6. The van der Waals surface area contributed by atoms with Crippen molar-refractivity contribution < 1.29 is 13.7 Å². The van der Waals surface area contributed by atoms with E-state index in [1.807, 2.05) is 52.0 Å². The molecule has 0 spiro atoms. The van der Waals surface area contributed by atoms with Crippen LogP contribution in [0.25, 0.3) is 0 Å². The van der Waals surface area contributed by atoms with E-state index in [2.05, 4.69) is 0 Å². The quantitative estimate of drug-likeness (QED) is 0.777. The smallest absolute Gasteiger partial charge is 0.399 e. The summed E-state index contributed by atoms with van der Waals surface area (Å²) >= 11 is 0. The fourth-order valence-electron chi connectivity index (χ4n) is 2.90. The molecule has 1 saturated heterocycles. The van der Waals surface area contributed by atoms with Crippen LogP contribution in [0.4, 0.5) is 4.39 Å². The Hall–Kier alpha value is -0.865. The normalized spacial score (nSPS) is 26.7. The predicted octanol–water partition coefficient (Wildman–Crippen LogP) is 3.43. The third-order valence-corrected chi connectivity index (χ3v) is 5.01. The van der Waals surface area contributed by atoms with Gasteiger partial charge in [0.25, 0.3) is 0 Å². The predicted molar refractivity (Wildman–Crippen MR) is 83.3 cm³/mol. The van der Waals surface area contributed by atoms with Gasteiger partial charge in [0.15, 0.2) is 0 Å². The standard InChI is InChI=1S/C17H23BFO2/c1-15(2)16(3,4)21-18(20-15)14-8-6-12(7-9-14)13-10-17(5,19)11-13/h6-9H,10-11H2,1-5H3. The van der Waals surface area contributed by atoms with Crippen LogP contribution < -0.4 is 5.46 Å². The van der Waals surface area contributed by atoms with E-state index in [-0.39, 0.29) is 18.3 Å². The second-order valence-electron chi connectivity index (χ2n) is 7.58. The summed E-state index contributed by atoms with van der Waals surface area (Å²) in [6.07, 6.45) is 1.09. The van der Waals surface area contributed by atoms with Gasteiger partial charge in [-0.1, -0.05) is 24.3 Å². The summed E-state index contributed by atoms with van der Waals surface area (Å²) in [5.74, 6) is 1.19. The van der Waals surface area contributed by atoms with Crippen LogP contribution in [-0.4, -0.2) is 24.0 Å². The zero-order chi connectivity index (χ0) is 15.5. The topological polar surface area (TPSA) is 18.5 Å². The molecule has 113 valence electrons. The molecule has 0 atom stereocenters. The maximum absolute atomic E-state index is 13.6. The largest absolute Gasteiger partial charge is 0.494 e. The Morgan fingerprint density at radius 2 is 1.38 bits per heavy atom. The minimum Gasteiger partial charge on any atom is -0.399 e. The molecule has 0 N–H and O–H groups in total. The molecule has 0 aromatic heterocycles. The van der Waals surface area contributed by atoms with Crippen molar-refractivity contribution in [1.29, 1.82) is 0 Å². The van der Waals surface area contributed by atoms with Crippen molar-refractivity contribution in [2.45, 2.75) is 64.3 Å². The fourth-order valence-corrected chi connectivity index (χ4v) is 2.90. The van der Waals surface area contributed by atoms with Crippen molar-refractivity contribution in [1.82, 2.24) is 0 Å². The van der Waals surface area contributed by atoms with Crippen LogP contribution in [0.3, 0.4) is 0 Å². The second-order valence-corrected chi connectivity index (χ2v) is 7.58. The van der Waals surface area contributed by atoms with Crippen molar-refractivity contribution >= 4 is 12.6 Å². The minimum atomic E-state index is -1.01. The van der Waals surface area contributed by atoms with E-state index in [1.165, 1.54) is 5.92 Å². The molecular weight excluding hydrogens is 266 g/mol. The summed E-state index contributed by atoms with van der Waals surface area (Å²) in [6.45, 7) is 9.86. The monoisotopic (exact) mass is 289 g/mol. The summed E-state index contributed by atoms with van der Waals surface area (Å²) in [7, 11) is -0.332. The van der Waals surface area contributed by atoms with Gasteiger partial charge >= 0.3 is 7.12 Å². The van der Waals surface area contributed by atoms with Gasteiger partial charge in [-0.25, -0.2) is 4.39 Å². The highest BCUT2D eigenvalue weighted by Crippen LogP contribution is 2.46. The molecule has 1 radical (unpaired) electrons. The lowest BCUT2D eigenvalue weighted by molar-refractivity contribution is 0.00578. The van der Waals surface area contributed by atoms with Crippen LogP contribution in [0.2, 0.25) is 0 Å². The van der Waals surface area contributed by atoms with Crippen LogP contribution in [0, 0.1) is 5.92 Å². The lowest BCUT2D eigenvalue weighted by Crippen LogP contribution is -2.41. The molecule has 1 aliphatic heterocycles. The van der Waals surface area contributed by atoms with Gasteiger partial charge in [-0.3, -0.25) is 0 Å². The first kappa shape index (κ1) is 15.0. The average Bonchev–Trinajstić information content (AvgIpc) is 2.56. The number of rotatable bonds is 2. The first-order chi connectivity index (χ1) is 9.60. The van der Waals surface area contributed by atoms with Gasteiger partial charge in [-0.15, -0.1) is 0 Å². The third-order valence-electron chi connectivity index (χ3n) is 5.01. The van der Waals surface area contributed by atoms with Gasteiger partial charge < -0.3 is 9.31 Å². The van der Waals surface area contributed by atoms with E-state index in [1.54, 1.807) is 6.92 Å². The molecule has 1 heterocycles. The Bertz CT molecular complexity index is 512. The van der Waals surface area contributed by atoms with E-state index in [9.17, 15) is 4.39 Å². The third kappa shape index (κ3) is 2.64. The van der Waals surface area contributed by atoms with Crippen molar-refractivity contribution in [3.8, 4) is 0 Å². The first-order valence-electron chi connectivity index (χ1n) is 7.59. The van der Waals surface area contributed by atoms with Gasteiger partial charge in [-0.05, 0) is 58.5 Å². The summed E-state index contributed by atoms with van der Waals surface area (Å²) in [5, 5.41) is 0. The molecule has 2 nitrogen and oxygen atoms in total. The summed E-state index contributed by atoms with van der Waals surface area (Å²) in [4.78, 5) is 0. The van der Waals surface area contributed by atoms with E-state index in [0.717, 1.165) is 11.0 Å². The molecule has 1 aromatic carbocycles. The summed E-state index contributed by atoms with van der Waals surface area (Å²) in [5.41, 5.74) is 0.481. The fraction of sp³-hybridized carbons (Fsp3) is 0.588. The highest BCUT2D eigenvalue weighted by atomic mass is 19.1. The Labute approximate surface area is 127 Å². The molecule has 2 fully saturated rings. The zero-order valence-corrected chi connectivity index (χ0v) is 13.5. The average molecular weight is 289 g/mol. The van der Waals surface area contributed by atoms with Crippen molar-refractivity contribution in [2.75, 3.05) is 0 Å². The molecule has 1 aliphatic carbocycles. The Balaban J connectivity index is 1.71. The maximum Gasteiger partial charge on any atom is 0.494 e. The molecule has 0 bridgehead atoms. The highest BCUT2D eigenvalue weighted by molar-refractivity contribution is 6.62. The first-order valence-corrected chi connectivity index (χ1v) is 7.59. The number of benzene rings is 1. The molecule has 3 rings (SSSR count). The van der Waals surface area contributed by atoms with Gasteiger partial charge in [0.1, 0.15) is 5.67 Å². The molecule has 4 heteroatoms. The number of hydrogen-bond acceptors (Lipinski definition) is 2. The molecular formula is C17H23BFO2. The van der Waals surface area contributed by atoms with Crippen LogP contribution >= 0.6 is 0 Å². The van der Waals surface area contributed by atoms with Gasteiger partial charge in [-0.2, -0.15) is 0 Å². The van der Waals surface area contributed by atoms with Crippen LogP contribution in [-0.2, 0) is 9.31 Å². The number of halogens is 1. The van der Waals surface area contributed by atoms with Gasteiger partial charge in [0.2, 0.25) is 0 Å².